The summed E-state index contributed by atoms with van der Waals surface area (Å²) in [6, 6.07) is 7.19. The second kappa shape index (κ2) is 11.1. The molecule has 0 spiro atoms. The van der Waals surface area contributed by atoms with E-state index in [1.807, 2.05) is 13.8 Å². The van der Waals surface area contributed by atoms with Gasteiger partial charge in [0.25, 0.3) is 11.5 Å². The van der Waals surface area contributed by atoms with Gasteiger partial charge >= 0.3 is 0 Å². The van der Waals surface area contributed by atoms with Crippen molar-refractivity contribution in [3.05, 3.63) is 69.1 Å². The lowest BCUT2D eigenvalue weighted by Crippen LogP contribution is -2.61. The van der Waals surface area contributed by atoms with Crippen LogP contribution in [0.3, 0.4) is 0 Å². The van der Waals surface area contributed by atoms with E-state index in [2.05, 4.69) is 25.9 Å². The van der Waals surface area contributed by atoms with Crippen LogP contribution in [0.2, 0.25) is 0 Å². The molecule has 1 aliphatic carbocycles. The molecule has 1 fully saturated rings. The van der Waals surface area contributed by atoms with Crippen LogP contribution >= 0.6 is 11.8 Å². The molecule has 200 valence electrons. The summed E-state index contributed by atoms with van der Waals surface area (Å²) in [5.74, 6) is -0.620. The second-order valence-corrected chi connectivity index (χ2v) is 10.9. The number of aryl methyl sites for hydroxylation is 1. The summed E-state index contributed by atoms with van der Waals surface area (Å²) in [5.41, 5.74) is 2.42. The van der Waals surface area contributed by atoms with Crippen LogP contribution in [0, 0.1) is 11.7 Å². The number of thioether (sulfide) groups is 1. The van der Waals surface area contributed by atoms with Gasteiger partial charge in [0, 0.05) is 30.0 Å². The van der Waals surface area contributed by atoms with Gasteiger partial charge in [-0.15, -0.1) is 0 Å². The molecule has 1 atom stereocenters. The number of hydrogen-bond donors (Lipinski definition) is 4. The number of aromatic nitrogens is 2. The van der Waals surface area contributed by atoms with Gasteiger partial charge in [0.2, 0.25) is 5.91 Å². The van der Waals surface area contributed by atoms with Gasteiger partial charge in [-0.25, -0.2) is 9.37 Å². The number of nitrogens with zero attached hydrogens (tertiary/aromatic N) is 1. The van der Waals surface area contributed by atoms with E-state index in [1.54, 1.807) is 18.2 Å². The molecule has 2 amide bonds. The molecule has 2 aromatic heterocycles. The Morgan fingerprint density at radius 3 is 2.74 bits per heavy atom. The number of carbonyl (C=O) groups excluding carboxylic acids is 2. The molecule has 4 N–H and O–H groups in total. The molecule has 1 saturated heterocycles. The van der Waals surface area contributed by atoms with Crippen LogP contribution in [-0.4, -0.2) is 47.0 Å². The number of benzene rings is 1. The van der Waals surface area contributed by atoms with E-state index >= 15 is 0 Å². The highest BCUT2D eigenvalue weighted by Crippen LogP contribution is 2.28. The number of carbonyl (C=O) groups is 2. The molecular weight excluding hydrogens is 509 g/mol. The van der Waals surface area contributed by atoms with Crippen molar-refractivity contribution in [2.75, 3.05) is 13.1 Å². The standard InChI is InChI=1S/C27H30FN5O4S/c1-14(2)23(26(36)30-17-11-29-12-17)32-25(35)22-9-8-21(37-22)15-6-7-16(19(28)10-15)13-38-27-31-20-5-3-4-18(20)24(34)33-27/h6-10,14,17,23,29H,3-5,11-13H2,1-2H3,(H,30,36)(H,32,35)(H,31,33,34)/t23-/m1/s1. The summed E-state index contributed by atoms with van der Waals surface area (Å²) in [5, 5.41) is 9.25. The molecule has 3 heterocycles. The fraction of sp³-hybridized carbons (Fsp3) is 0.407. The van der Waals surface area contributed by atoms with Gasteiger partial charge in [0.15, 0.2) is 10.9 Å². The van der Waals surface area contributed by atoms with Crippen LogP contribution in [0.4, 0.5) is 4.39 Å². The van der Waals surface area contributed by atoms with Crippen molar-refractivity contribution in [2.24, 2.45) is 5.92 Å². The van der Waals surface area contributed by atoms with Crippen LogP contribution in [0.5, 0.6) is 0 Å². The molecule has 11 heteroatoms. The zero-order valence-electron chi connectivity index (χ0n) is 21.2. The molecule has 38 heavy (non-hydrogen) atoms. The number of furan rings is 1. The third-order valence-corrected chi connectivity index (χ3v) is 7.74. The van der Waals surface area contributed by atoms with Gasteiger partial charge in [-0.3, -0.25) is 14.4 Å². The molecule has 5 rings (SSSR count). The van der Waals surface area contributed by atoms with E-state index in [0.29, 0.717) is 40.9 Å². The van der Waals surface area contributed by atoms with E-state index in [0.717, 1.165) is 30.5 Å². The van der Waals surface area contributed by atoms with Crippen LogP contribution in [0.25, 0.3) is 11.3 Å². The van der Waals surface area contributed by atoms with Crippen LogP contribution in [-0.2, 0) is 23.4 Å². The predicted molar refractivity (Wildman–Crippen MR) is 141 cm³/mol. The van der Waals surface area contributed by atoms with Crippen LogP contribution in [0.15, 0.2) is 44.7 Å². The molecule has 1 aliphatic heterocycles. The van der Waals surface area contributed by atoms with E-state index in [9.17, 15) is 18.8 Å². The number of fused-ring (bicyclic) bond motifs is 1. The first-order valence-electron chi connectivity index (χ1n) is 12.7. The molecule has 1 aromatic carbocycles. The summed E-state index contributed by atoms with van der Waals surface area (Å²) in [7, 11) is 0. The van der Waals surface area contributed by atoms with E-state index in [-0.39, 0.29) is 29.2 Å². The summed E-state index contributed by atoms with van der Waals surface area (Å²) in [4.78, 5) is 44.9. The summed E-state index contributed by atoms with van der Waals surface area (Å²) in [6.45, 7) is 5.14. The Hall–Kier alpha value is -3.44. The molecule has 0 bridgehead atoms. The highest BCUT2D eigenvalue weighted by atomic mass is 32.2. The van der Waals surface area contributed by atoms with Crippen molar-refractivity contribution < 1.29 is 18.4 Å². The summed E-state index contributed by atoms with van der Waals surface area (Å²) in [6.07, 6.45) is 2.47. The van der Waals surface area contributed by atoms with Gasteiger partial charge in [0.05, 0.1) is 11.7 Å². The van der Waals surface area contributed by atoms with Crippen molar-refractivity contribution in [1.82, 2.24) is 25.9 Å². The van der Waals surface area contributed by atoms with Crippen LogP contribution in [0.1, 0.15) is 47.6 Å². The lowest BCUT2D eigenvalue weighted by molar-refractivity contribution is -0.125. The van der Waals surface area contributed by atoms with Gasteiger partial charge < -0.3 is 25.4 Å². The lowest BCUT2D eigenvalue weighted by Gasteiger charge is -2.30. The number of aromatic amines is 1. The maximum atomic E-state index is 14.9. The molecule has 0 radical (unpaired) electrons. The number of amides is 2. The minimum Gasteiger partial charge on any atom is -0.451 e. The molecular formula is C27H30FN5O4S. The van der Waals surface area contributed by atoms with Crippen molar-refractivity contribution in [2.45, 2.75) is 56.1 Å². The quantitative estimate of drug-likeness (QED) is 0.243. The Balaban J connectivity index is 1.22. The zero-order valence-corrected chi connectivity index (χ0v) is 22.0. The van der Waals surface area contributed by atoms with E-state index in [1.165, 1.54) is 23.9 Å². The fourth-order valence-electron chi connectivity index (χ4n) is 4.50. The highest BCUT2D eigenvalue weighted by Gasteiger charge is 2.29. The number of H-pyrrole nitrogens is 1. The minimum atomic E-state index is -0.707. The number of halogens is 1. The monoisotopic (exact) mass is 539 g/mol. The average Bonchev–Trinajstić information content (AvgIpc) is 3.54. The Morgan fingerprint density at radius 2 is 2.03 bits per heavy atom. The van der Waals surface area contributed by atoms with Gasteiger partial charge in [-0.2, -0.15) is 0 Å². The maximum absolute atomic E-state index is 14.9. The largest absolute Gasteiger partial charge is 0.451 e. The zero-order chi connectivity index (χ0) is 26.8. The molecule has 0 unspecified atom stereocenters. The average molecular weight is 540 g/mol. The highest BCUT2D eigenvalue weighted by molar-refractivity contribution is 7.98. The van der Waals surface area contributed by atoms with Gasteiger partial charge in [0.1, 0.15) is 17.6 Å². The van der Waals surface area contributed by atoms with Crippen molar-refractivity contribution in [3.63, 3.8) is 0 Å². The summed E-state index contributed by atoms with van der Waals surface area (Å²) >= 11 is 1.28. The Morgan fingerprint density at radius 1 is 1.21 bits per heavy atom. The predicted octanol–water partition coefficient (Wildman–Crippen LogP) is 2.79. The first-order chi connectivity index (χ1) is 18.3. The SMILES string of the molecule is CC(C)[C@@H](NC(=O)c1ccc(-c2ccc(CSc3nc4c(c(=O)[nH]3)CCC4)c(F)c2)o1)C(=O)NC1CNC1. The van der Waals surface area contributed by atoms with Crippen LogP contribution < -0.4 is 21.5 Å². The van der Waals surface area contributed by atoms with E-state index < -0.39 is 17.8 Å². The fourth-order valence-corrected chi connectivity index (χ4v) is 5.36. The normalized spacial score (nSPS) is 15.7. The first-order valence-corrected chi connectivity index (χ1v) is 13.7. The Labute approximate surface area is 223 Å². The Kier molecular flexibility index (Phi) is 7.66. The molecule has 3 aromatic rings. The van der Waals surface area contributed by atoms with Gasteiger partial charge in [-0.05, 0) is 48.9 Å². The third kappa shape index (κ3) is 5.68. The minimum absolute atomic E-state index is 0.0374. The molecule has 9 nitrogen and oxygen atoms in total. The lowest BCUT2D eigenvalue weighted by atomic mass is 10.0. The Bertz CT molecular complexity index is 1410. The molecule has 0 saturated carbocycles. The smallest absolute Gasteiger partial charge is 0.287 e. The number of hydrogen-bond acceptors (Lipinski definition) is 7. The van der Waals surface area contributed by atoms with Crippen molar-refractivity contribution in [1.29, 1.82) is 0 Å². The third-order valence-electron chi connectivity index (χ3n) is 6.82. The van der Waals surface area contributed by atoms with Crippen molar-refractivity contribution in [3.8, 4) is 11.3 Å². The van der Waals surface area contributed by atoms with Crippen molar-refractivity contribution >= 4 is 23.6 Å². The molecule has 2 aliphatic rings. The second-order valence-electron chi connectivity index (χ2n) is 9.97. The topological polar surface area (TPSA) is 129 Å². The van der Waals surface area contributed by atoms with Gasteiger partial charge in [-0.1, -0.05) is 37.7 Å². The first kappa shape index (κ1) is 26.2. The number of nitrogens with one attached hydrogen (secondary N) is 4. The summed E-state index contributed by atoms with van der Waals surface area (Å²) < 4.78 is 20.6. The van der Waals surface area contributed by atoms with E-state index in [4.69, 9.17) is 4.42 Å². The number of rotatable bonds is 9. The maximum Gasteiger partial charge on any atom is 0.287 e.